The van der Waals surface area contributed by atoms with Gasteiger partial charge in [0.2, 0.25) is 0 Å². The van der Waals surface area contributed by atoms with Gasteiger partial charge in [-0.05, 0) is 54.5 Å². The summed E-state index contributed by atoms with van der Waals surface area (Å²) < 4.78 is 5.25. The number of rotatable bonds is 13. The van der Waals surface area contributed by atoms with E-state index in [1.54, 1.807) is 12.1 Å². The molecule has 2 aromatic rings. The monoisotopic (exact) mass is 442 g/mol. The number of hydrogen-bond acceptors (Lipinski definition) is 5. The summed E-state index contributed by atoms with van der Waals surface area (Å²) in [5, 5.41) is 30.4. The summed E-state index contributed by atoms with van der Waals surface area (Å²) in [5.74, 6) is -1.43. The predicted octanol–water partition coefficient (Wildman–Crippen LogP) is 5.70. The van der Waals surface area contributed by atoms with Gasteiger partial charge in [0.1, 0.15) is 22.8 Å². The lowest BCUT2D eigenvalue weighted by Crippen LogP contribution is -2.10. The molecule has 0 aliphatic heterocycles. The molecule has 0 bridgehead atoms. The first-order chi connectivity index (χ1) is 15.3. The van der Waals surface area contributed by atoms with Crippen molar-refractivity contribution in [3.05, 3.63) is 52.1 Å². The number of carboxylic acids is 1. The molecule has 0 spiro atoms. The largest absolute Gasteiger partial charge is 0.507 e. The second-order valence-corrected chi connectivity index (χ2v) is 8.15. The number of aryl methyl sites for hydroxylation is 2. The maximum atomic E-state index is 13.2. The van der Waals surface area contributed by atoms with Crippen LogP contribution in [-0.2, 0) is 19.3 Å². The fraction of sp³-hybridized carbons (Fsp3) is 0.462. The van der Waals surface area contributed by atoms with Crippen molar-refractivity contribution in [2.75, 3.05) is 7.11 Å². The molecule has 6 nitrogen and oxygen atoms in total. The van der Waals surface area contributed by atoms with Gasteiger partial charge in [0, 0.05) is 12.5 Å². The molecule has 0 unspecified atom stereocenters. The minimum atomic E-state index is -1.18. The summed E-state index contributed by atoms with van der Waals surface area (Å²) in [7, 11) is 1.51. The van der Waals surface area contributed by atoms with Crippen LogP contribution in [0.1, 0.15) is 89.8 Å². The van der Waals surface area contributed by atoms with E-state index in [0.717, 1.165) is 44.1 Å². The Morgan fingerprint density at radius 2 is 1.38 bits per heavy atom. The minimum Gasteiger partial charge on any atom is -0.507 e. The van der Waals surface area contributed by atoms with E-state index in [2.05, 4.69) is 13.8 Å². The highest BCUT2D eigenvalue weighted by Crippen LogP contribution is 2.32. The van der Waals surface area contributed by atoms with Crippen LogP contribution in [0.4, 0.5) is 0 Å². The smallest absolute Gasteiger partial charge is 0.339 e. The molecule has 0 radical (unpaired) electrons. The van der Waals surface area contributed by atoms with Crippen LogP contribution < -0.4 is 4.74 Å². The molecule has 0 saturated carbocycles. The average molecular weight is 443 g/mol. The van der Waals surface area contributed by atoms with Crippen LogP contribution in [0.25, 0.3) is 0 Å². The molecule has 0 aromatic heterocycles. The first-order valence-electron chi connectivity index (χ1n) is 11.3. The fourth-order valence-corrected chi connectivity index (χ4v) is 3.99. The number of aromatic carboxylic acids is 1. The normalized spacial score (nSPS) is 10.8. The number of benzene rings is 2. The highest BCUT2D eigenvalue weighted by molar-refractivity contribution is 6.02. The zero-order valence-corrected chi connectivity index (χ0v) is 19.2. The molecule has 0 amide bonds. The molecule has 2 rings (SSSR count). The Kier molecular flexibility index (Phi) is 9.57. The Balaban J connectivity index is 2.38. The number of hydrogen-bond donors (Lipinski definition) is 3. The maximum absolute atomic E-state index is 13.2. The van der Waals surface area contributed by atoms with E-state index in [-0.39, 0.29) is 34.8 Å². The number of carboxylic acid groups (broad SMARTS) is 1. The number of carbonyl (C=O) groups excluding carboxylic acids is 1. The quantitative estimate of drug-likeness (QED) is 0.272. The van der Waals surface area contributed by atoms with Crippen molar-refractivity contribution < 1.29 is 29.6 Å². The molecular weight excluding hydrogens is 408 g/mol. The van der Waals surface area contributed by atoms with Crippen molar-refractivity contribution in [2.45, 2.75) is 71.6 Å². The molecule has 2 aromatic carbocycles. The lowest BCUT2D eigenvalue weighted by molar-refractivity contribution is 0.0692. The van der Waals surface area contributed by atoms with E-state index in [1.807, 2.05) is 0 Å². The summed E-state index contributed by atoms with van der Waals surface area (Å²) in [4.78, 5) is 24.8. The van der Waals surface area contributed by atoms with Gasteiger partial charge in [0.25, 0.3) is 0 Å². The predicted molar refractivity (Wildman–Crippen MR) is 124 cm³/mol. The summed E-state index contributed by atoms with van der Waals surface area (Å²) in [6.07, 6.45) is 6.79. The first kappa shape index (κ1) is 25.2. The number of phenolic OH excluding ortho intramolecular Hbond substituents is 1. The Morgan fingerprint density at radius 3 is 1.91 bits per heavy atom. The average Bonchev–Trinajstić information content (AvgIpc) is 2.73. The van der Waals surface area contributed by atoms with Crippen LogP contribution >= 0.6 is 0 Å². The zero-order chi connectivity index (χ0) is 23.7. The lowest BCUT2D eigenvalue weighted by Gasteiger charge is -2.15. The number of unbranched alkanes of at least 4 members (excludes halogenated alkanes) is 4. The third-order valence-corrected chi connectivity index (χ3v) is 5.62. The van der Waals surface area contributed by atoms with Crippen molar-refractivity contribution in [2.24, 2.45) is 0 Å². The molecule has 0 atom stereocenters. The highest BCUT2D eigenvalue weighted by atomic mass is 16.5. The van der Waals surface area contributed by atoms with Gasteiger partial charge in [-0.1, -0.05) is 45.6 Å². The molecule has 174 valence electrons. The SMILES string of the molecule is CCCCCc1cc(CC(=O)c2c(O)cc(OC)cc2CCCCC)cc(O)c1C(=O)O. The van der Waals surface area contributed by atoms with Crippen LogP contribution in [0.5, 0.6) is 17.2 Å². The minimum absolute atomic E-state index is 0.0467. The molecule has 3 N–H and O–H groups in total. The van der Waals surface area contributed by atoms with E-state index in [9.17, 15) is 24.9 Å². The second-order valence-electron chi connectivity index (χ2n) is 8.15. The maximum Gasteiger partial charge on any atom is 0.339 e. The van der Waals surface area contributed by atoms with Crippen LogP contribution in [0.15, 0.2) is 24.3 Å². The molecule has 0 aliphatic rings. The Labute approximate surface area is 189 Å². The Morgan fingerprint density at radius 1 is 0.812 bits per heavy atom. The topological polar surface area (TPSA) is 104 Å². The molecule has 0 fully saturated rings. The summed E-state index contributed by atoms with van der Waals surface area (Å²) in [6.45, 7) is 4.16. The molecule has 0 aliphatic carbocycles. The number of methoxy groups -OCH3 is 1. The Hall–Kier alpha value is -3.02. The molecular formula is C26H34O6. The van der Waals surface area contributed by atoms with Crippen molar-refractivity contribution >= 4 is 11.8 Å². The number of phenols is 2. The van der Waals surface area contributed by atoms with Crippen molar-refractivity contribution in [1.82, 2.24) is 0 Å². The number of Topliss-reactive ketones (excluding diaryl/α,β-unsaturated/α-hetero) is 1. The molecule has 0 heterocycles. The first-order valence-corrected chi connectivity index (χ1v) is 11.3. The summed E-state index contributed by atoms with van der Waals surface area (Å²) in [5.41, 5.74) is 1.94. The van der Waals surface area contributed by atoms with Crippen molar-refractivity contribution in [1.29, 1.82) is 0 Å². The van der Waals surface area contributed by atoms with Gasteiger partial charge < -0.3 is 20.1 Å². The van der Waals surface area contributed by atoms with Crippen molar-refractivity contribution in [3.8, 4) is 17.2 Å². The number of carbonyl (C=O) groups is 2. The summed E-state index contributed by atoms with van der Waals surface area (Å²) in [6, 6.07) is 6.23. The van der Waals surface area contributed by atoms with Crippen LogP contribution in [0.2, 0.25) is 0 Å². The van der Waals surface area contributed by atoms with E-state index >= 15 is 0 Å². The van der Waals surface area contributed by atoms with Crippen molar-refractivity contribution in [3.63, 3.8) is 0 Å². The van der Waals surface area contributed by atoms with Gasteiger partial charge in [0.05, 0.1) is 12.7 Å². The van der Waals surface area contributed by atoms with Gasteiger partial charge in [-0.15, -0.1) is 0 Å². The summed E-state index contributed by atoms with van der Waals surface area (Å²) >= 11 is 0. The second kappa shape index (κ2) is 12.1. The van der Waals surface area contributed by atoms with E-state index in [0.29, 0.717) is 29.7 Å². The van der Waals surface area contributed by atoms with Gasteiger partial charge in [-0.25, -0.2) is 4.79 Å². The standard InChI is InChI=1S/C26H34O6/c1-4-6-8-10-18-12-17(14-22(28)25(18)26(30)31)13-21(27)24-19(11-9-7-5-2)15-20(32-3)16-23(24)29/h12,14-16,28-29H,4-11,13H2,1-3H3,(H,30,31). The van der Waals surface area contributed by atoms with Gasteiger partial charge >= 0.3 is 5.97 Å². The van der Waals surface area contributed by atoms with Crippen LogP contribution in [-0.4, -0.2) is 34.2 Å². The number of aromatic hydroxyl groups is 2. The van der Waals surface area contributed by atoms with E-state index < -0.39 is 5.97 Å². The zero-order valence-electron chi connectivity index (χ0n) is 19.2. The number of ketones is 1. The molecule has 0 saturated heterocycles. The van der Waals surface area contributed by atoms with E-state index in [4.69, 9.17) is 4.74 Å². The third-order valence-electron chi connectivity index (χ3n) is 5.62. The van der Waals surface area contributed by atoms with Crippen LogP contribution in [0, 0.1) is 0 Å². The fourth-order valence-electron chi connectivity index (χ4n) is 3.99. The highest BCUT2D eigenvalue weighted by Gasteiger charge is 2.21. The lowest BCUT2D eigenvalue weighted by atomic mass is 9.91. The Bertz CT molecular complexity index is 948. The molecule has 6 heteroatoms. The number of ether oxygens (including phenoxy) is 1. The van der Waals surface area contributed by atoms with Crippen LogP contribution in [0.3, 0.4) is 0 Å². The van der Waals surface area contributed by atoms with Gasteiger partial charge in [-0.2, -0.15) is 0 Å². The third kappa shape index (κ3) is 6.49. The molecule has 32 heavy (non-hydrogen) atoms. The van der Waals surface area contributed by atoms with E-state index in [1.165, 1.54) is 19.2 Å². The van der Waals surface area contributed by atoms with Gasteiger partial charge in [-0.3, -0.25) is 4.79 Å². The van der Waals surface area contributed by atoms with Gasteiger partial charge in [0.15, 0.2) is 5.78 Å².